The molecule has 1 aromatic rings. The molecule has 2 aliphatic heterocycles. The van der Waals surface area contributed by atoms with Crippen molar-refractivity contribution in [3.05, 3.63) is 18.2 Å². The van der Waals surface area contributed by atoms with Crippen molar-refractivity contribution in [3.63, 3.8) is 0 Å². The van der Waals surface area contributed by atoms with Gasteiger partial charge in [0.25, 0.3) is 0 Å². The van der Waals surface area contributed by atoms with Gasteiger partial charge in [0.1, 0.15) is 12.3 Å². The molecule has 2 heterocycles. The van der Waals surface area contributed by atoms with Gasteiger partial charge in [0.2, 0.25) is 5.91 Å². The van der Waals surface area contributed by atoms with Crippen LogP contribution >= 0.6 is 0 Å². The second-order valence-corrected chi connectivity index (χ2v) is 7.17. The van der Waals surface area contributed by atoms with E-state index in [4.69, 9.17) is 5.73 Å². The summed E-state index contributed by atoms with van der Waals surface area (Å²) in [6.07, 6.45) is 2.89. The Morgan fingerprint density at radius 1 is 1.41 bits per heavy atom. The van der Waals surface area contributed by atoms with Crippen LogP contribution in [-0.4, -0.2) is 58.7 Å². The topological polar surface area (TPSA) is 106 Å². The van der Waals surface area contributed by atoms with Gasteiger partial charge in [0.05, 0.1) is 17.5 Å². The van der Waals surface area contributed by atoms with Crippen LogP contribution in [0.4, 0.5) is 17.1 Å². The van der Waals surface area contributed by atoms with E-state index in [-0.39, 0.29) is 18.1 Å². The number of amidine groups is 1. The minimum atomic E-state index is -0.231. The smallest absolute Gasteiger partial charge is 0.321 e. The molecule has 0 radical (unpaired) electrons. The number of rotatable bonds is 4. The molecular formula is C19H27N6O2+. The van der Waals surface area contributed by atoms with Crippen molar-refractivity contribution in [1.29, 1.82) is 0 Å². The van der Waals surface area contributed by atoms with Gasteiger partial charge in [-0.1, -0.05) is 5.10 Å². The fraction of sp³-hybridized carbons (Fsp3) is 0.474. The largest absolute Gasteiger partial charge is 0.393 e. The third-order valence-electron chi connectivity index (χ3n) is 4.66. The molecule has 1 aromatic carbocycles. The third-order valence-corrected chi connectivity index (χ3v) is 4.66. The summed E-state index contributed by atoms with van der Waals surface area (Å²) in [5, 5.41) is 16.8. The average Bonchev–Trinajstić information content (AvgIpc) is 2.97. The van der Waals surface area contributed by atoms with E-state index in [1.54, 1.807) is 10.9 Å². The van der Waals surface area contributed by atoms with E-state index in [1.807, 2.05) is 32.0 Å². The first-order valence-corrected chi connectivity index (χ1v) is 9.24. The van der Waals surface area contributed by atoms with Crippen LogP contribution in [0, 0.1) is 0 Å². The predicted octanol–water partition coefficient (Wildman–Crippen LogP) is 1.46. The number of nitrogens with one attached hydrogen (secondary N) is 1. The van der Waals surface area contributed by atoms with Gasteiger partial charge in [-0.05, 0) is 44.9 Å². The van der Waals surface area contributed by atoms with E-state index in [0.29, 0.717) is 22.9 Å². The first-order chi connectivity index (χ1) is 12.8. The van der Waals surface area contributed by atoms with Gasteiger partial charge < -0.3 is 15.3 Å². The van der Waals surface area contributed by atoms with Crippen molar-refractivity contribution in [2.45, 2.75) is 45.8 Å². The standard InChI is InChI=1S/C19H26N6O2/c1-12(2)25-19(20)18(11-21-25)23-16-5-4-14(10-17(16)22-13(3)26)24-8-6-15(27)7-9-24/h4-5,10-12,15,27H,6-9H2,1-3H3,(H2,20,21,22,26)/p+1. The number of hydrogen-bond donors (Lipinski definition) is 3. The Kier molecular flexibility index (Phi) is 5.55. The third kappa shape index (κ3) is 4.33. The molecule has 144 valence electrons. The fourth-order valence-electron chi connectivity index (χ4n) is 3.22. The minimum Gasteiger partial charge on any atom is -0.393 e. The molecule has 1 saturated heterocycles. The summed E-state index contributed by atoms with van der Waals surface area (Å²) >= 11 is 0. The molecule has 0 saturated carbocycles. The first-order valence-electron chi connectivity index (χ1n) is 9.24. The van der Waals surface area contributed by atoms with E-state index < -0.39 is 0 Å². The lowest BCUT2D eigenvalue weighted by molar-refractivity contribution is -0.560. The SMILES string of the molecule is CC(=O)Nc1cc(N2CCC(O)CC2)ccc1N=C1C=N[N+](C(C)C)=C1N. The van der Waals surface area contributed by atoms with Gasteiger partial charge in [-0.2, -0.15) is 0 Å². The maximum absolute atomic E-state index is 11.7. The Morgan fingerprint density at radius 2 is 2.11 bits per heavy atom. The zero-order valence-corrected chi connectivity index (χ0v) is 16.0. The highest BCUT2D eigenvalue weighted by Crippen LogP contribution is 2.32. The summed E-state index contributed by atoms with van der Waals surface area (Å²) in [5.41, 5.74) is 8.97. The molecule has 0 aromatic heterocycles. The van der Waals surface area contributed by atoms with E-state index in [0.717, 1.165) is 31.6 Å². The molecule has 8 nitrogen and oxygen atoms in total. The number of hydrazone groups is 1. The first kappa shape index (κ1) is 19.0. The number of anilines is 2. The van der Waals surface area contributed by atoms with Gasteiger partial charge in [-0.3, -0.25) is 10.5 Å². The number of aliphatic imine (C=N–C) groups is 1. The molecule has 0 unspecified atom stereocenters. The van der Waals surface area contributed by atoms with Crippen molar-refractivity contribution in [1.82, 2.24) is 0 Å². The van der Waals surface area contributed by atoms with Crippen LogP contribution in [0.5, 0.6) is 0 Å². The zero-order chi connectivity index (χ0) is 19.6. The number of piperidine rings is 1. The predicted molar refractivity (Wildman–Crippen MR) is 108 cm³/mol. The highest BCUT2D eigenvalue weighted by molar-refractivity contribution is 6.62. The van der Waals surface area contributed by atoms with Crippen LogP contribution in [0.15, 0.2) is 28.3 Å². The number of hydrogen-bond acceptors (Lipinski definition) is 6. The lowest BCUT2D eigenvalue weighted by Gasteiger charge is -2.31. The zero-order valence-electron chi connectivity index (χ0n) is 16.0. The Bertz CT molecular complexity index is 819. The molecule has 27 heavy (non-hydrogen) atoms. The number of carbonyl (C=O) groups excluding carboxylic acids is 1. The number of nitrogens with zero attached hydrogens (tertiary/aromatic N) is 4. The molecule has 0 bridgehead atoms. The Hall–Kier alpha value is -2.74. The number of aliphatic hydroxyl groups excluding tert-OH is 1. The summed E-state index contributed by atoms with van der Waals surface area (Å²) < 4.78 is 1.71. The summed E-state index contributed by atoms with van der Waals surface area (Å²) in [6, 6.07) is 5.91. The van der Waals surface area contributed by atoms with E-state index in [2.05, 4.69) is 20.3 Å². The van der Waals surface area contributed by atoms with Crippen LogP contribution in [0.2, 0.25) is 0 Å². The van der Waals surface area contributed by atoms with Gasteiger partial charge in [0, 0.05) is 25.7 Å². The molecule has 2 aliphatic rings. The van der Waals surface area contributed by atoms with Gasteiger partial charge in [-0.15, -0.1) is 4.68 Å². The fourth-order valence-corrected chi connectivity index (χ4v) is 3.22. The maximum Gasteiger partial charge on any atom is 0.321 e. The van der Waals surface area contributed by atoms with Crippen LogP contribution < -0.4 is 16.0 Å². The molecule has 4 N–H and O–H groups in total. The van der Waals surface area contributed by atoms with Crippen molar-refractivity contribution in [2.24, 2.45) is 15.8 Å². The van der Waals surface area contributed by atoms with Gasteiger partial charge >= 0.3 is 5.84 Å². The monoisotopic (exact) mass is 371 g/mol. The lowest BCUT2D eigenvalue weighted by Crippen LogP contribution is -2.35. The second kappa shape index (κ2) is 7.87. The van der Waals surface area contributed by atoms with Crippen LogP contribution in [0.1, 0.15) is 33.6 Å². The minimum absolute atomic E-state index is 0.139. The second-order valence-electron chi connectivity index (χ2n) is 7.17. The normalized spacial score (nSPS) is 19.4. The van der Waals surface area contributed by atoms with Crippen molar-refractivity contribution in [2.75, 3.05) is 23.3 Å². The maximum atomic E-state index is 11.7. The van der Waals surface area contributed by atoms with Gasteiger partial charge in [0.15, 0.2) is 5.71 Å². The quantitative estimate of drug-likeness (QED) is 0.697. The van der Waals surface area contributed by atoms with Gasteiger partial charge in [-0.25, -0.2) is 4.99 Å². The van der Waals surface area contributed by atoms with Crippen molar-refractivity contribution in [3.8, 4) is 0 Å². The molecular weight excluding hydrogens is 344 g/mol. The Balaban J connectivity index is 1.92. The highest BCUT2D eigenvalue weighted by atomic mass is 16.3. The van der Waals surface area contributed by atoms with Crippen LogP contribution in [0.3, 0.4) is 0 Å². The molecule has 1 fully saturated rings. The van der Waals surface area contributed by atoms with E-state index in [1.165, 1.54) is 6.92 Å². The summed E-state index contributed by atoms with van der Waals surface area (Å²) in [4.78, 5) is 18.5. The van der Waals surface area contributed by atoms with E-state index in [9.17, 15) is 9.90 Å². The molecule has 0 spiro atoms. The Morgan fingerprint density at radius 3 is 2.70 bits per heavy atom. The number of benzene rings is 1. The summed E-state index contributed by atoms with van der Waals surface area (Å²) in [5.74, 6) is 0.330. The molecule has 8 heteroatoms. The number of nitrogens with two attached hydrogens (primary N) is 1. The number of amides is 1. The lowest BCUT2D eigenvalue weighted by atomic mass is 10.1. The van der Waals surface area contributed by atoms with Crippen molar-refractivity contribution >= 4 is 40.7 Å². The molecule has 0 aliphatic carbocycles. The average molecular weight is 371 g/mol. The molecule has 3 rings (SSSR count). The molecule has 1 amide bonds. The summed E-state index contributed by atoms with van der Waals surface area (Å²) in [6.45, 7) is 7.04. The van der Waals surface area contributed by atoms with Crippen LogP contribution in [0.25, 0.3) is 0 Å². The Labute approximate surface area is 159 Å². The highest BCUT2D eigenvalue weighted by Gasteiger charge is 2.24. The van der Waals surface area contributed by atoms with E-state index >= 15 is 0 Å². The molecule has 0 atom stereocenters. The number of carbonyl (C=O) groups is 1. The number of aliphatic hydroxyl groups is 1. The van der Waals surface area contributed by atoms with Crippen LogP contribution in [-0.2, 0) is 4.79 Å². The van der Waals surface area contributed by atoms with Crippen molar-refractivity contribution < 1.29 is 14.6 Å². The summed E-state index contributed by atoms with van der Waals surface area (Å²) in [7, 11) is 0.